The van der Waals surface area contributed by atoms with Crippen molar-refractivity contribution in [1.82, 2.24) is 19.4 Å². The molecule has 0 aliphatic carbocycles. The molecule has 0 spiro atoms. The molecule has 0 bridgehead atoms. The minimum atomic E-state index is -0.343. The van der Waals surface area contributed by atoms with Crippen molar-refractivity contribution >= 4 is 22.9 Å². The van der Waals surface area contributed by atoms with Crippen molar-refractivity contribution in [3.63, 3.8) is 0 Å². The number of aromatic hydroxyl groups is 1. The third-order valence-corrected chi connectivity index (χ3v) is 7.18. The molecule has 2 aliphatic rings. The lowest BCUT2D eigenvalue weighted by Crippen LogP contribution is -2.49. The minimum absolute atomic E-state index is 0.0425. The lowest BCUT2D eigenvalue weighted by Gasteiger charge is -2.38. The number of carbonyl (C=O) groups is 1. The normalized spacial score (nSPS) is 18.2. The Kier molecular flexibility index (Phi) is 5.70. The third kappa shape index (κ3) is 4.01. The Hall–Kier alpha value is -4.10. The molecule has 1 fully saturated rings. The van der Waals surface area contributed by atoms with Gasteiger partial charge in [0, 0.05) is 38.4 Å². The van der Waals surface area contributed by atoms with Gasteiger partial charge in [-0.3, -0.25) is 14.3 Å². The van der Waals surface area contributed by atoms with Crippen molar-refractivity contribution in [2.24, 2.45) is 0 Å². The quantitative estimate of drug-likeness (QED) is 0.455. The predicted octanol–water partition coefficient (Wildman–Crippen LogP) is 4.38. The molecule has 1 atom stereocenters. The molecule has 2 aliphatic heterocycles. The number of fused-ring (bicyclic) bond motifs is 3. The highest BCUT2D eigenvalue weighted by atomic mass is 16.3. The zero-order valence-corrected chi connectivity index (χ0v) is 20.3. The summed E-state index contributed by atoms with van der Waals surface area (Å²) in [6.07, 6.45) is 0. The summed E-state index contributed by atoms with van der Waals surface area (Å²) in [6.45, 7) is 5.89. The number of nitrogens with one attached hydrogen (secondary N) is 1. The maximum absolute atomic E-state index is 14.1. The first-order chi connectivity index (χ1) is 17.6. The number of phenolic OH excluding ortho intramolecular Hbond substituents is 1. The standard InChI is InChI=1S/C29H29N5O2/c1-20-26(28(36)33-17-15-32(16-18-33)19-21-7-3-2-4-8-21)27(22-11-13-23(35)14-12-22)34-25-10-6-5-9-24(25)31-29(34)30-20/h2-14,27,35H,15-19H2,1H3,(H,30,31)/t27-/m0/s1. The van der Waals surface area contributed by atoms with E-state index in [-0.39, 0.29) is 17.7 Å². The molecular formula is C29H29N5O2. The summed E-state index contributed by atoms with van der Waals surface area (Å²) in [5.41, 5.74) is 5.59. The molecule has 182 valence electrons. The zero-order valence-electron chi connectivity index (χ0n) is 20.3. The number of phenols is 1. The monoisotopic (exact) mass is 479 g/mol. The highest BCUT2D eigenvalue weighted by molar-refractivity contribution is 5.98. The number of hydrogen-bond donors (Lipinski definition) is 2. The summed E-state index contributed by atoms with van der Waals surface area (Å²) in [7, 11) is 0. The van der Waals surface area contributed by atoms with Crippen molar-refractivity contribution in [2.75, 3.05) is 31.5 Å². The molecule has 36 heavy (non-hydrogen) atoms. The van der Waals surface area contributed by atoms with Gasteiger partial charge in [0.25, 0.3) is 5.91 Å². The molecule has 3 heterocycles. The Balaban J connectivity index is 1.31. The van der Waals surface area contributed by atoms with E-state index in [1.165, 1.54) is 5.56 Å². The van der Waals surface area contributed by atoms with Gasteiger partial charge in [-0.05, 0) is 42.3 Å². The topological polar surface area (TPSA) is 73.6 Å². The van der Waals surface area contributed by atoms with Gasteiger partial charge in [-0.1, -0.05) is 54.6 Å². The predicted molar refractivity (Wildman–Crippen MR) is 141 cm³/mol. The van der Waals surface area contributed by atoms with Crippen LogP contribution in [0.3, 0.4) is 0 Å². The number of anilines is 1. The van der Waals surface area contributed by atoms with Crippen LogP contribution in [0.15, 0.2) is 90.1 Å². The second-order valence-electron chi connectivity index (χ2n) is 9.51. The van der Waals surface area contributed by atoms with E-state index >= 15 is 0 Å². The van der Waals surface area contributed by atoms with Gasteiger partial charge in [-0.2, -0.15) is 0 Å². The fourth-order valence-corrected chi connectivity index (χ4v) is 5.33. The van der Waals surface area contributed by atoms with Crippen LogP contribution in [0.25, 0.3) is 11.0 Å². The van der Waals surface area contributed by atoms with E-state index in [1.54, 1.807) is 12.1 Å². The highest BCUT2D eigenvalue weighted by Crippen LogP contribution is 2.40. The Bertz CT molecular complexity index is 1430. The number of imidazole rings is 1. The molecule has 3 aromatic carbocycles. The Morgan fingerprint density at radius 3 is 2.39 bits per heavy atom. The van der Waals surface area contributed by atoms with E-state index in [9.17, 15) is 9.90 Å². The average molecular weight is 480 g/mol. The average Bonchev–Trinajstić information content (AvgIpc) is 3.27. The van der Waals surface area contributed by atoms with Crippen LogP contribution in [-0.4, -0.2) is 56.5 Å². The minimum Gasteiger partial charge on any atom is -0.508 e. The first kappa shape index (κ1) is 22.4. The largest absolute Gasteiger partial charge is 0.508 e. The van der Waals surface area contributed by atoms with Crippen molar-refractivity contribution in [3.8, 4) is 5.75 Å². The zero-order chi connectivity index (χ0) is 24.6. The smallest absolute Gasteiger partial charge is 0.254 e. The molecule has 1 amide bonds. The molecule has 1 aromatic heterocycles. The first-order valence-electron chi connectivity index (χ1n) is 12.4. The number of nitrogens with zero attached hydrogens (tertiary/aromatic N) is 4. The van der Waals surface area contributed by atoms with E-state index in [2.05, 4.69) is 39.0 Å². The summed E-state index contributed by atoms with van der Waals surface area (Å²) in [5.74, 6) is 0.961. The van der Waals surface area contributed by atoms with Gasteiger partial charge in [0.2, 0.25) is 5.95 Å². The molecule has 2 N–H and O–H groups in total. The number of hydrogen-bond acceptors (Lipinski definition) is 5. The number of aromatic nitrogens is 2. The van der Waals surface area contributed by atoms with Crippen LogP contribution in [0, 0.1) is 0 Å². The summed E-state index contributed by atoms with van der Waals surface area (Å²) in [4.78, 5) is 23.2. The Morgan fingerprint density at radius 2 is 1.64 bits per heavy atom. The Morgan fingerprint density at radius 1 is 0.944 bits per heavy atom. The van der Waals surface area contributed by atoms with Crippen LogP contribution in [-0.2, 0) is 11.3 Å². The van der Waals surface area contributed by atoms with Crippen molar-refractivity contribution in [2.45, 2.75) is 19.5 Å². The molecule has 6 rings (SSSR count). The maximum Gasteiger partial charge on any atom is 0.254 e. The second-order valence-corrected chi connectivity index (χ2v) is 9.51. The number of piperazine rings is 1. The van der Waals surface area contributed by atoms with Crippen LogP contribution >= 0.6 is 0 Å². The van der Waals surface area contributed by atoms with E-state index in [0.717, 1.165) is 47.9 Å². The molecule has 4 aromatic rings. The third-order valence-electron chi connectivity index (χ3n) is 7.18. The first-order valence-corrected chi connectivity index (χ1v) is 12.4. The Labute approximate surface area is 210 Å². The van der Waals surface area contributed by atoms with E-state index in [1.807, 2.05) is 54.3 Å². The van der Waals surface area contributed by atoms with E-state index < -0.39 is 0 Å². The van der Waals surface area contributed by atoms with Gasteiger partial charge in [-0.25, -0.2) is 4.98 Å². The van der Waals surface area contributed by atoms with Crippen molar-refractivity contribution in [1.29, 1.82) is 0 Å². The summed E-state index contributed by atoms with van der Waals surface area (Å²) >= 11 is 0. The summed E-state index contributed by atoms with van der Waals surface area (Å²) in [5, 5.41) is 13.3. The van der Waals surface area contributed by atoms with Crippen LogP contribution in [0.1, 0.15) is 24.1 Å². The lowest BCUT2D eigenvalue weighted by molar-refractivity contribution is -0.129. The molecule has 7 heteroatoms. The number of para-hydroxylation sites is 2. The molecular weight excluding hydrogens is 450 g/mol. The van der Waals surface area contributed by atoms with Gasteiger partial charge in [0.05, 0.1) is 22.6 Å². The second kappa shape index (κ2) is 9.17. The molecule has 1 saturated heterocycles. The maximum atomic E-state index is 14.1. The number of benzene rings is 3. The number of carbonyl (C=O) groups excluding carboxylic acids is 1. The van der Waals surface area contributed by atoms with Crippen molar-refractivity contribution < 1.29 is 9.90 Å². The molecule has 7 nitrogen and oxygen atoms in total. The van der Waals surface area contributed by atoms with Gasteiger partial charge >= 0.3 is 0 Å². The number of allylic oxidation sites excluding steroid dienone is 1. The number of rotatable bonds is 4. The van der Waals surface area contributed by atoms with Gasteiger partial charge in [0.15, 0.2) is 0 Å². The van der Waals surface area contributed by atoms with E-state index in [0.29, 0.717) is 18.7 Å². The van der Waals surface area contributed by atoms with Crippen LogP contribution < -0.4 is 5.32 Å². The molecule has 0 unspecified atom stereocenters. The lowest BCUT2D eigenvalue weighted by atomic mass is 9.93. The highest BCUT2D eigenvalue weighted by Gasteiger charge is 2.36. The summed E-state index contributed by atoms with van der Waals surface area (Å²) < 4.78 is 2.10. The van der Waals surface area contributed by atoms with Gasteiger partial charge in [-0.15, -0.1) is 0 Å². The fraction of sp³-hybridized carbons (Fsp3) is 0.241. The van der Waals surface area contributed by atoms with Gasteiger partial charge in [0.1, 0.15) is 5.75 Å². The van der Waals surface area contributed by atoms with Gasteiger partial charge < -0.3 is 15.3 Å². The van der Waals surface area contributed by atoms with Crippen molar-refractivity contribution in [3.05, 3.63) is 101 Å². The van der Waals surface area contributed by atoms with Crippen LogP contribution in [0.4, 0.5) is 5.95 Å². The number of amides is 1. The summed E-state index contributed by atoms with van der Waals surface area (Å²) in [6, 6.07) is 25.2. The van der Waals surface area contributed by atoms with E-state index in [4.69, 9.17) is 4.98 Å². The van der Waals surface area contributed by atoms with Crippen LogP contribution in [0.5, 0.6) is 5.75 Å². The molecule has 0 radical (unpaired) electrons. The fourth-order valence-electron chi connectivity index (χ4n) is 5.33. The van der Waals surface area contributed by atoms with Crippen LogP contribution in [0.2, 0.25) is 0 Å². The SMILES string of the molecule is CC1=C(C(=O)N2CCN(Cc3ccccc3)CC2)[C@H](c2ccc(O)cc2)n2c(nc3ccccc32)N1. The molecule has 0 saturated carbocycles.